The molecule has 1 aliphatic rings. The molecule has 9 heteroatoms. The molecule has 8 nitrogen and oxygen atoms in total. The fourth-order valence-electron chi connectivity index (χ4n) is 1.56. The van der Waals surface area contributed by atoms with Gasteiger partial charge in [0.2, 0.25) is 0 Å². The van der Waals surface area contributed by atoms with Crippen molar-refractivity contribution in [3.63, 3.8) is 0 Å². The first-order valence-electron chi connectivity index (χ1n) is 5.31. The molecule has 0 aliphatic carbocycles. The topological polar surface area (TPSA) is 140 Å². The number of halogens is 1. The molecule has 0 aromatic heterocycles. The summed E-state index contributed by atoms with van der Waals surface area (Å²) in [6.45, 7) is -2.32. The lowest BCUT2D eigenvalue weighted by atomic mass is 9.98. The van der Waals surface area contributed by atoms with Crippen molar-refractivity contribution in [1.29, 1.82) is 0 Å². The van der Waals surface area contributed by atoms with Crippen molar-refractivity contribution < 1.29 is 44.5 Å². The number of ether oxygens (including phenoxy) is 2. The normalized spacial score (nSPS) is 41.3. The third-order valence-electron chi connectivity index (χ3n) is 2.63. The minimum atomic E-state index is -3.25. The molecule has 0 aromatic rings. The van der Waals surface area contributed by atoms with E-state index in [0.717, 1.165) is 0 Å². The van der Waals surface area contributed by atoms with Crippen LogP contribution in [-0.4, -0.2) is 87.0 Å². The molecular formula is C9H17FO8. The molecule has 0 unspecified atom stereocenters. The number of alkyl halides is 1. The Morgan fingerprint density at radius 2 is 1.67 bits per heavy atom. The lowest BCUT2D eigenvalue weighted by molar-refractivity contribution is -0.430. The van der Waals surface area contributed by atoms with Gasteiger partial charge in [-0.2, -0.15) is 4.39 Å². The van der Waals surface area contributed by atoms with E-state index in [1.165, 1.54) is 0 Å². The van der Waals surface area contributed by atoms with Crippen molar-refractivity contribution in [3.05, 3.63) is 0 Å². The number of hydrogen-bond acceptors (Lipinski definition) is 8. The van der Waals surface area contributed by atoms with Crippen molar-refractivity contribution in [1.82, 2.24) is 0 Å². The van der Waals surface area contributed by atoms with Crippen molar-refractivity contribution in [3.8, 4) is 0 Å². The van der Waals surface area contributed by atoms with Gasteiger partial charge in [-0.1, -0.05) is 0 Å². The zero-order valence-electron chi connectivity index (χ0n) is 9.39. The molecule has 1 saturated heterocycles. The summed E-state index contributed by atoms with van der Waals surface area (Å²) < 4.78 is 23.2. The fraction of sp³-hybridized carbons (Fsp3) is 1.00. The van der Waals surface area contributed by atoms with Gasteiger partial charge in [0.15, 0.2) is 6.10 Å². The summed E-state index contributed by atoms with van der Waals surface area (Å²) >= 11 is 0. The molecule has 0 aromatic carbocycles. The van der Waals surface area contributed by atoms with E-state index < -0.39 is 56.4 Å². The Balaban J connectivity index is 2.84. The van der Waals surface area contributed by atoms with E-state index in [4.69, 9.17) is 15.3 Å². The van der Waals surface area contributed by atoms with Crippen LogP contribution in [-0.2, 0) is 9.47 Å². The highest BCUT2D eigenvalue weighted by atomic mass is 19.2. The summed E-state index contributed by atoms with van der Waals surface area (Å²) in [4.78, 5) is 0. The van der Waals surface area contributed by atoms with Crippen LogP contribution in [0.25, 0.3) is 0 Å². The van der Waals surface area contributed by atoms with Crippen LogP contribution < -0.4 is 0 Å². The van der Waals surface area contributed by atoms with Crippen molar-refractivity contribution in [2.45, 2.75) is 36.6 Å². The Kier molecular flexibility index (Phi) is 5.37. The highest BCUT2D eigenvalue weighted by molar-refractivity contribution is 4.92. The van der Waals surface area contributed by atoms with Crippen molar-refractivity contribution >= 4 is 0 Å². The summed E-state index contributed by atoms with van der Waals surface area (Å²) in [6, 6.07) is -3.25. The predicted octanol–water partition coefficient (Wildman–Crippen LogP) is -3.55. The SMILES string of the molecule is OCC(CO)O[C@]1(F)O[C@H](CO)[C@H](O)[C@H](O)[C@H]1O. The van der Waals surface area contributed by atoms with Gasteiger partial charge in [0.05, 0.1) is 19.8 Å². The number of hydrogen-bond donors (Lipinski definition) is 6. The van der Waals surface area contributed by atoms with Crippen molar-refractivity contribution in [2.75, 3.05) is 19.8 Å². The van der Waals surface area contributed by atoms with Gasteiger partial charge in [-0.3, -0.25) is 0 Å². The van der Waals surface area contributed by atoms with E-state index in [1.54, 1.807) is 0 Å². The molecule has 108 valence electrons. The van der Waals surface area contributed by atoms with E-state index in [2.05, 4.69) is 9.47 Å². The summed E-state index contributed by atoms with van der Waals surface area (Å²) in [5.74, 6) is 0. The van der Waals surface area contributed by atoms with Crippen LogP contribution in [0.1, 0.15) is 0 Å². The second-order valence-corrected chi connectivity index (χ2v) is 3.95. The monoisotopic (exact) mass is 272 g/mol. The first-order chi connectivity index (χ1) is 8.39. The molecule has 1 fully saturated rings. The average Bonchev–Trinajstić information content (AvgIpc) is 2.38. The van der Waals surface area contributed by atoms with Crippen LogP contribution in [0.2, 0.25) is 0 Å². The summed E-state index contributed by atoms with van der Waals surface area (Å²) in [5, 5.41) is 54.6. The Labute approximate surface area is 102 Å². The molecule has 0 radical (unpaired) electrons. The number of aliphatic hydroxyl groups excluding tert-OH is 6. The number of aliphatic hydroxyl groups is 6. The Hall–Kier alpha value is -0.390. The molecule has 0 amide bonds. The van der Waals surface area contributed by atoms with E-state index >= 15 is 0 Å². The van der Waals surface area contributed by atoms with Gasteiger partial charge in [0.1, 0.15) is 24.4 Å². The zero-order chi connectivity index (χ0) is 13.9. The molecular weight excluding hydrogens is 255 g/mol. The smallest absolute Gasteiger partial charge is 0.350 e. The maximum Gasteiger partial charge on any atom is 0.350 e. The van der Waals surface area contributed by atoms with Crippen LogP contribution in [0.5, 0.6) is 0 Å². The fourth-order valence-corrected chi connectivity index (χ4v) is 1.56. The van der Waals surface area contributed by atoms with Gasteiger partial charge in [-0.05, 0) is 0 Å². The average molecular weight is 272 g/mol. The first kappa shape index (κ1) is 15.7. The molecule has 0 saturated carbocycles. The molecule has 1 heterocycles. The molecule has 1 aliphatic heterocycles. The maximum atomic E-state index is 14.2. The van der Waals surface area contributed by atoms with Gasteiger partial charge >= 0.3 is 6.04 Å². The third kappa shape index (κ3) is 2.95. The second-order valence-electron chi connectivity index (χ2n) is 3.95. The standard InChI is InChI=1S/C9H17FO8/c10-9(17-4(1-11)2-12)8(16)7(15)6(14)5(3-13)18-9/h4-8,11-16H,1-3H2/t5-,6+,7+,8-,9+/m1/s1. The second kappa shape index (κ2) is 6.17. The lowest BCUT2D eigenvalue weighted by Gasteiger charge is -2.43. The van der Waals surface area contributed by atoms with E-state index in [-0.39, 0.29) is 0 Å². The van der Waals surface area contributed by atoms with Crippen molar-refractivity contribution in [2.24, 2.45) is 0 Å². The van der Waals surface area contributed by atoms with Crippen LogP contribution >= 0.6 is 0 Å². The van der Waals surface area contributed by atoms with Gasteiger partial charge in [-0.25, -0.2) is 0 Å². The van der Waals surface area contributed by atoms with Gasteiger partial charge in [0, 0.05) is 0 Å². The highest BCUT2D eigenvalue weighted by Gasteiger charge is 2.56. The first-order valence-corrected chi connectivity index (χ1v) is 5.31. The van der Waals surface area contributed by atoms with Crippen LogP contribution in [0, 0.1) is 0 Å². The molecule has 0 bridgehead atoms. The largest absolute Gasteiger partial charge is 0.394 e. The summed E-state index contributed by atoms with van der Waals surface area (Å²) in [7, 11) is 0. The minimum Gasteiger partial charge on any atom is -0.394 e. The number of rotatable bonds is 5. The Morgan fingerprint density at radius 1 is 1.11 bits per heavy atom. The Morgan fingerprint density at radius 3 is 2.11 bits per heavy atom. The molecule has 1 rings (SSSR count). The quantitative estimate of drug-likeness (QED) is 0.302. The van der Waals surface area contributed by atoms with Gasteiger partial charge < -0.3 is 40.1 Å². The maximum absolute atomic E-state index is 14.2. The van der Waals surface area contributed by atoms with E-state index in [0.29, 0.717) is 0 Å². The Bertz CT molecular complexity index is 257. The molecule has 0 spiro atoms. The van der Waals surface area contributed by atoms with Gasteiger partial charge in [-0.15, -0.1) is 0 Å². The minimum absolute atomic E-state index is 0.749. The van der Waals surface area contributed by atoms with E-state index in [1.807, 2.05) is 0 Å². The summed E-state index contributed by atoms with van der Waals surface area (Å²) in [5.41, 5.74) is 0. The molecule has 18 heavy (non-hydrogen) atoms. The van der Waals surface area contributed by atoms with Gasteiger partial charge in [0.25, 0.3) is 0 Å². The van der Waals surface area contributed by atoms with E-state index in [9.17, 15) is 19.7 Å². The predicted molar refractivity (Wildman–Crippen MR) is 52.9 cm³/mol. The summed E-state index contributed by atoms with van der Waals surface area (Å²) in [6.07, 6.45) is -8.79. The van der Waals surface area contributed by atoms with Crippen LogP contribution in [0.4, 0.5) is 4.39 Å². The molecule has 6 N–H and O–H groups in total. The van der Waals surface area contributed by atoms with Crippen LogP contribution in [0.3, 0.4) is 0 Å². The zero-order valence-corrected chi connectivity index (χ0v) is 9.39. The highest BCUT2D eigenvalue weighted by Crippen LogP contribution is 2.33. The lowest BCUT2D eigenvalue weighted by Crippen LogP contribution is -2.65. The third-order valence-corrected chi connectivity index (χ3v) is 2.63. The molecule has 5 atom stereocenters. The van der Waals surface area contributed by atoms with Crippen LogP contribution in [0.15, 0.2) is 0 Å².